The average Bonchev–Trinajstić information content (AvgIpc) is 3.69. The van der Waals surface area contributed by atoms with Crippen LogP contribution in [0.2, 0.25) is 0 Å². The predicted octanol–water partition coefficient (Wildman–Crippen LogP) is 3.99. The van der Waals surface area contributed by atoms with Gasteiger partial charge in [0.15, 0.2) is 0 Å². The van der Waals surface area contributed by atoms with Crippen molar-refractivity contribution in [1.29, 1.82) is 5.26 Å². The summed E-state index contributed by atoms with van der Waals surface area (Å²) in [6.45, 7) is 2.82. The van der Waals surface area contributed by atoms with Gasteiger partial charge < -0.3 is 39.9 Å². The number of anilines is 2. The van der Waals surface area contributed by atoms with Crippen molar-refractivity contribution in [1.82, 2.24) is 0 Å². The number of allylic oxidation sites excluding steroid dienone is 1. The van der Waals surface area contributed by atoms with Gasteiger partial charge in [-0.3, -0.25) is 0 Å². The van der Waals surface area contributed by atoms with E-state index in [1.54, 1.807) is 12.1 Å². The van der Waals surface area contributed by atoms with Gasteiger partial charge in [-0.15, -0.1) is 0 Å². The Morgan fingerprint density at radius 3 is 1.77 bits per heavy atom. The maximum Gasteiger partial charge on any atom is 0.143 e. The third-order valence-electron chi connectivity index (χ3n) is 8.66. The Morgan fingerprint density at radius 1 is 0.775 bits per heavy atom. The highest BCUT2D eigenvalue weighted by molar-refractivity contribution is 5.48. The Morgan fingerprint density at radius 2 is 1.27 bits per heavy atom. The first kappa shape index (κ1) is 25.7. The van der Waals surface area contributed by atoms with Gasteiger partial charge in [-0.2, -0.15) is 5.26 Å². The van der Waals surface area contributed by atoms with Gasteiger partial charge in [-0.25, -0.2) is 0 Å². The Hall–Kier alpha value is -3.29. The zero-order valence-electron chi connectivity index (χ0n) is 22.4. The van der Waals surface area contributed by atoms with E-state index in [1.807, 2.05) is 36.4 Å². The largest absolute Gasteiger partial charge is 0.484 e. The number of benzene rings is 2. The summed E-state index contributed by atoms with van der Waals surface area (Å²) in [7, 11) is 0. The second-order valence-electron chi connectivity index (χ2n) is 12.1. The molecular weight excluding hydrogens is 510 g/mol. The number of rotatable bonds is 12. The number of ether oxygens (including phenoxy) is 6. The molecule has 5 aliphatic rings. The van der Waals surface area contributed by atoms with E-state index in [1.165, 1.54) is 0 Å². The molecule has 5 unspecified atom stereocenters. The lowest BCUT2D eigenvalue weighted by atomic mass is 9.55. The summed E-state index contributed by atoms with van der Waals surface area (Å²) in [5, 5.41) is 10.9. The quantitative estimate of drug-likeness (QED) is 0.299. The number of nitrogens with two attached hydrogens (primary N) is 2. The topological polar surface area (TPSA) is 144 Å². The molecule has 5 atom stereocenters. The molecular formula is C31H35N3O6. The smallest absolute Gasteiger partial charge is 0.143 e. The molecule has 40 heavy (non-hydrogen) atoms. The van der Waals surface area contributed by atoms with E-state index in [-0.39, 0.29) is 24.4 Å². The van der Waals surface area contributed by atoms with Crippen molar-refractivity contribution in [3.05, 3.63) is 59.9 Å². The van der Waals surface area contributed by atoms with Crippen LogP contribution >= 0.6 is 0 Å². The lowest BCUT2D eigenvalue weighted by Gasteiger charge is -2.52. The predicted molar refractivity (Wildman–Crippen MR) is 146 cm³/mol. The van der Waals surface area contributed by atoms with Crippen molar-refractivity contribution in [3.63, 3.8) is 0 Å². The minimum atomic E-state index is -0.586. The van der Waals surface area contributed by atoms with E-state index >= 15 is 0 Å². The number of hydrogen-bond acceptors (Lipinski definition) is 9. The van der Waals surface area contributed by atoms with E-state index < -0.39 is 16.9 Å². The summed E-state index contributed by atoms with van der Waals surface area (Å²) in [5.74, 6) is 1.83. The highest BCUT2D eigenvalue weighted by Crippen LogP contribution is 2.61. The second-order valence-corrected chi connectivity index (χ2v) is 12.1. The number of nitriles is 1. The molecule has 7 rings (SSSR count). The molecule has 4 heterocycles. The number of epoxide rings is 4. The summed E-state index contributed by atoms with van der Waals surface area (Å²) in [6, 6.07) is 17.3. The van der Waals surface area contributed by atoms with E-state index in [9.17, 15) is 5.26 Å². The summed E-state index contributed by atoms with van der Waals surface area (Å²) < 4.78 is 36.7. The molecule has 0 bridgehead atoms. The molecule has 4 N–H and O–H groups in total. The standard InChI is InChI=1S/C31H35N3O6/c32-13-27-28(39-21-5-1-3-19(33)7-21)30(9-23-14-35-23,10-24-15-36-24)18-31(11-25-16-37-25,12-26-17-38-26)29(27)40-22-6-2-4-20(34)8-22/h1-8,23-26,28H,9-12,14-18,33-34H2. The van der Waals surface area contributed by atoms with E-state index in [4.69, 9.17) is 39.9 Å². The van der Waals surface area contributed by atoms with Crippen LogP contribution in [0.1, 0.15) is 32.1 Å². The third kappa shape index (κ3) is 5.50. The van der Waals surface area contributed by atoms with Crippen LogP contribution in [-0.2, 0) is 18.9 Å². The summed E-state index contributed by atoms with van der Waals surface area (Å²) in [4.78, 5) is 0. The number of nitrogens with zero attached hydrogens (tertiary/aromatic N) is 1. The molecule has 9 heteroatoms. The van der Waals surface area contributed by atoms with E-state index in [0.717, 1.165) is 32.1 Å². The van der Waals surface area contributed by atoms with Crippen molar-refractivity contribution in [2.75, 3.05) is 37.9 Å². The molecule has 2 aromatic rings. The number of nitrogen functional groups attached to an aromatic ring is 2. The molecule has 0 radical (unpaired) electrons. The van der Waals surface area contributed by atoms with Gasteiger partial charge in [-0.1, -0.05) is 12.1 Å². The summed E-state index contributed by atoms with van der Waals surface area (Å²) >= 11 is 0. The lowest BCUT2D eigenvalue weighted by molar-refractivity contribution is -0.0322. The van der Waals surface area contributed by atoms with Gasteiger partial charge in [0.05, 0.1) is 50.8 Å². The maximum absolute atomic E-state index is 10.9. The van der Waals surface area contributed by atoms with Crippen molar-refractivity contribution in [3.8, 4) is 17.6 Å². The van der Waals surface area contributed by atoms with Gasteiger partial charge in [0.25, 0.3) is 0 Å². The second kappa shape index (κ2) is 9.96. The van der Waals surface area contributed by atoms with Gasteiger partial charge in [0, 0.05) is 34.3 Å². The fourth-order valence-electron chi connectivity index (χ4n) is 6.81. The van der Waals surface area contributed by atoms with Crippen molar-refractivity contribution in [2.45, 2.75) is 62.6 Å². The van der Waals surface area contributed by atoms with Gasteiger partial charge in [0.2, 0.25) is 0 Å². The highest BCUT2D eigenvalue weighted by atomic mass is 16.6. The molecule has 4 fully saturated rings. The van der Waals surface area contributed by atoms with Gasteiger partial charge in [-0.05, 0) is 56.4 Å². The molecule has 0 spiro atoms. The first-order chi connectivity index (χ1) is 19.4. The van der Waals surface area contributed by atoms with Crippen molar-refractivity contribution < 1.29 is 28.4 Å². The van der Waals surface area contributed by atoms with Crippen molar-refractivity contribution in [2.24, 2.45) is 10.8 Å². The zero-order chi connectivity index (χ0) is 27.3. The van der Waals surface area contributed by atoms with Crippen LogP contribution in [-0.4, -0.2) is 56.9 Å². The Labute approximate surface area is 233 Å². The minimum absolute atomic E-state index is 0.108. The van der Waals surface area contributed by atoms with Crippen LogP contribution in [0.4, 0.5) is 11.4 Å². The molecule has 4 aliphatic heterocycles. The van der Waals surface area contributed by atoms with Crippen LogP contribution in [0.3, 0.4) is 0 Å². The third-order valence-corrected chi connectivity index (χ3v) is 8.66. The van der Waals surface area contributed by atoms with Crippen LogP contribution in [0.25, 0.3) is 0 Å². The van der Waals surface area contributed by atoms with Crippen LogP contribution in [0.5, 0.6) is 11.5 Å². The highest BCUT2D eigenvalue weighted by Gasteiger charge is 2.61. The lowest BCUT2D eigenvalue weighted by Crippen LogP contribution is -2.53. The molecule has 0 amide bonds. The van der Waals surface area contributed by atoms with Gasteiger partial charge >= 0.3 is 0 Å². The Bertz CT molecular complexity index is 1310. The zero-order valence-corrected chi connectivity index (χ0v) is 22.4. The first-order valence-corrected chi connectivity index (χ1v) is 14.1. The summed E-state index contributed by atoms with van der Waals surface area (Å²) in [5.41, 5.74) is 13.0. The molecule has 0 aromatic heterocycles. The normalized spacial score (nSPS) is 35.5. The number of hydrogen-bond donors (Lipinski definition) is 2. The monoisotopic (exact) mass is 545 g/mol. The van der Waals surface area contributed by atoms with Crippen LogP contribution in [0.15, 0.2) is 59.9 Å². The van der Waals surface area contributed by atoms with Crippen molar-refractivity contribution >= 4 is 11.4 Å². The first-order valence-electron chi connectivity index (χ1n) is 14.1. The van der Waals surface area contributed by atoms with Gasteiger partial charge in [0.1, 0.15) is 35.0 Å². The fourth-order valence-corrected chi connectivity index (χ4v) is 6.81. The van der Waals surface area contributed by atoms with E-state index in [2.05, 4.69) is 6.07 Å². The van der Waals surface area contributed by atoms with Crippen LogP contribution < -0.4 is 20.9 Å². The SMILES string of the molecule is N#CC1=C(Oc2cccc(N)c2)C(CC2CO2)(CC2CO2)CC(CC2CO2)(CC2CO2)C1Oc1cccc(N)c1. The van der Waals surface area contributed by atoms with E-state index in [0.29, 0.717) is 60.6 Å². The molecule has 0 saturated carbocycles. The molecule has 9 nitrogen and oxygen atoms in total. The molecule has 4 saturated heterocycles. The fraction of sp³-hybridized carbons (Fsp3) is 0.516. The minimum Gasteiger partial charge on any atom is -0.484 e. The van der Waals surface area contributed by atoms with Crippen LogP contribution in [0, 0.1) is 22.2 Å². The maximum atomic E-state index is 10.9. The molecule has 2 aromatic carbocycles. The molecule has 1 aliphatic carbocycles. The Balaban J connectivity index is 1.40. The average molecular weight is 546 g/mol. The molecule has 210 valence electrons. The summed E-state index contributed by atoms with van der Waals surface area (Å²) in [6.07, 6.45) is 3.59. The Kier molecular flexibility index (Phi) is 6.39.